The van der Waals surface area contributed by atoms with E-state index in [2.05, 4.69) is 26.3 Å². The summed E-state index contributed by atoms with van der Waals surface area (Å²) in [5.74, 6) is -0.430. The number of nitrogens with zero attached hydrogens (tertiary/aromatic N) is 2. The highest BCUT2D eigenvalue weighted by molar-refractivity contribution is 9.10. The van der Waals surface area contributed by atoms with Crippen LogP contribution in [-0.2, 0) is 16.4 Å². The van der Waals surface area contributed by atoms with E-state index in [1.807, 2.05) is 6.07 Å². The highest BCUT2D eigenvalue weighted by Gasteiger charge is 2.14. The molecule has 0 aliphatic rings. The number of amides is 1. The predicted octanol–water partition coefficient (Wildman–Crippen LogP) is 2.78. The van der Waals surface area contributed by atoms with Crippen molar-refractivity contribution < 1.29 is 18.3 Å². The third-order valence-electron chi connectivity index (χ3n) is 3.81. The minimum absolute atomic E-state index is 0.0970. The van der Waals surface area contributed by atoms with E-state index in [1.165, 1.54) is 23.0 Å². The molecule has 0 saturated carbocycles. The number of anilines is 1. The number of benzene rings is 2. The summed E-state index contributed by atoms with van der Waals surface area (Å²) < 4.78 is 25.5. The number of sulfone groups is 1. The standard InChI is InChI=1S/C18H16BrN3O4S/c1-27(25,26)16-7-14(19)6-15(8-16)21-18(24)13-9-20-22(10-13)17-5-3-2-4-12(17)11-23/h2-10,23H,11H2,1H3,(H,21,24). The third kappa shape index (κ3) is 4.44. The molecule has 2 aromatic carbocycles. The van der Waals surface area contributed by atoms with Crippen molar-refractivity contribution in [3.05, 3.63) is 70.5 Å². The number of rotatable bonds is 5. The Bertz CT molecular complexity index is 1110. The van der Waals surface area contributed by atoms with Gasteiger partial charge in [-0.3, -0.25) is 4.79 Å². The molecule has 0 aliphatic carbocycles. The quantitative estimate of drug-likeness (QED) is 0.623. The first-order valence-electron chi connectivity index (χ1n) is 7.84. The Morgan fingerprint density at radius 2 is 2.00 bits per heavy atom. The number of carbonyl (C=O) groups excluding carboxylic acids is 1. The van der Waals surface area contributed by atoms with Gasteiger partial charge in [-0.2, -0.15) is 5.10 Å². The molecule has 0 unspecified atom stereocenters. The summed E-state index contributed by atoms with van der Waals surface area (Å²) in [4.78, 5) is 12.6. The van der Waals surface area contributed by atoms with Crippen LogP contribution < -0.4 is 5.32 Å². The maximum atomic E-state index is 12.5. The second-order valence-electron chi connectivity index (χ2n) is 5.86. The zero-order valence-corrected chi connectivity index (χ0v) is 16.7. The van der Waals surface area contributed by atoms with Gasteiger partial charge in [-0.05, 0) is 24.3 Å². The monoisotopic (exact) mass is 449 g/mol. The van der Waals surface area contributed by atoms with Crippen molar-refractivity contribution in [1.82, 2.24) is 9.78 Å². The topological polar surface area (TPSA) is 101 Å². The van der Waals surface area contributed by atoms with Gasteiger partial charge in [-0.15, -0.1) is 0 Å². The summed E-state index contributed by atoms with van der Waals surface area (Å²) in [6, 6.07) is 11.6. The highest BCUT2D eigenvalue weighted by atomic mass is 79.9. The molecule has 0 saturated heterocycles. The predicted molar refractivity (Wildman–Crippen MR) is 105 cm³/mol. The first-order chi connectivity index (χ1) is 12.8. The fourth-order valence-electron chi connectivity index (χ4n) is 2.49. The van der Waals surface area contributed by atoms with Crippen molar-refractivity contribution in [3.63, 3.8) is 0 Å². The summed E-state index contributed by atoms with van der Waals surface area (Å²) in [7, 11) is -3.41. The zero-order valence-electron chi connectivity index (χ0n) is 14.3. The van der Waals surface area contributed by atoms with Crippen LogP contribution in [0, 0.1) is 0 Å². The van der Waals surface area contributed by atoms with Gasteiger partial charge in [0.15, 0.2) is 9.84 Å². The van der Waals surface area contributed by atoms with Gasteiger partial charge in [0, 0.05) is 28.2 Å². The van der Waals surface area contributed by atoms with E-state index in [-0.39, 0.29) is 11.5 Å². The molecule has 3 rings (SSSR count). The SMILES string of the molecule is CS(=O)(=O)c1cc(Br)cc(NC(=O)c2cnn(-c3ccccc3CO)c2)c1. The first kappa shape index (κ1) is 19.3. The van der Waals surface area contributed by atoms with Gasteiger partial charge in [-0.25, -0.2) is 13.1 Å². The molecular weight excluding hydrogens is 434 g/mol. The fourth-order valence-corrected chi connectivity index (χ4v) is 3.82. The Morgan fingerprint density at radius 3 is 2.70 bits per heavy atom. The molecular formula is C18H16BrN3O4S. The van der Waals surface area contributed by atoms with Crippen LogP contribution in [0.1, 0.15) is 15.9 Å². The van der Waals surface area contributed by atoms with Crippen molar-refractivity contribution in [1.29, 1.82) is 0 Å². The lowest BCUT2D eigenvalue weighted by Crippen LogP contribution is -2.12. The van der Waals surface area contributed by atoms with E-state index < -0.39 is 15.7 Å². The summed E-state index contributed by atoms with van der Waals surface area (Å²) in [6.45, 7) is -0.149. The summed E-state index contributed by atoms with van der Waals surface area (Å²) >= 11 is 3.25. The van der Waals surface area contributed by atoms with Crippen molar-refractivity contribution in [2.24, 2.45) is 0 Å². The molecule has 1 amide bonds. The summed E-state index contributed by atoms with van der Waals surface area (Å²) in [5.41, 5.74) is 1.99. The van der Waals surface area contributed by atoms with Crippen molar-refractivity contribution in [2.45, 2.75) is 11.5 Å². The average Bonchev–Trinajstić information content (AvgIpc) is 3.10. The molecule has 0 atom stereocenters. The second-order valence-corrected chi connectivity index (χ2v) is 8.79. The molecule has 0 aliphatic heterocycles. The van der Waals surface area contributed by atoms with Crippen LogP contribution in [0.15, 0.2) is 64.2 Å². The largest absolute Gasteiger partial charge is 0.392 e. The molecule has 1 aromatic heterocycles. The lowest BCUT2D eigenvalue weighted by Gasteiger charge is -2.08. The number of aromatic nitrogens is 2. The summed E-state index contributed by atoms with van der Waals surface area (Å²) in [5, 5.41) is 16.3. The maximum Gasteiger partial charge on any atom is 0.258 e. The number of para-hydroxylation sites is 1. The number of hydrogen-bond donors (Lipinski definition) is 2. The number of nitrogens with one attached hydrogen (secondary N) is 1. The van der Waals surface area contributed by atoms with Crippen LogP contribution in [0.4, 0.5) is 5.69 Å². The minimum Gasteiger partial charge on any atom is -0.392 e. The highest BCUT2D eigenvalue weighted by Crippen LogP contribution is 2.23. The van der Waals surface area contributed by atoms with Crippen LogP contribution in [0.3, 0.4) is 0 Å². The van der Waals surface area contributed by atoms with Crippen LogP contribution in [0.2, 0.25) is 0 Å². The van der Waals surface area contributed by atoms with Crippen LogP contribution in [0.25, 0.3) is 5.69 Å². The Labute approximate surface area is 164 Å². The Morgan fingerprint density at radius 1 is 1.26 bits per heavy atom. The van der Waals surface area contributed by atoms with E-state index >= 15 is 0 Å². The Hall–Kier alpha value is -2.49. The molecule has 7 nitrogen and oxygen atoms in total. The van der Waals surface area contributed by atoms with E-state index in [9.17, 15) is 18.3 Å². The molecule has 140 valence electrons. The van der Waals surface area contributed by atoms with Gasteiger partial charge in [0.2, 0.25) is 0 Å². The molecule has 0 bridgehead atoms. The molecule has 2 N–H and O–H groups in total. The third-order valence-corrected chi connectivity index (χ3v) is 5.36. The Kier molecular flexibility index (Phi) is 5.45. The average molecular weight is 450 g/mol. The number of halogens is 1. The van der Waals surface area contributed by atoms with Crippen LogP contribution in [0.5, 0.6) is 0 Å². The van der Waals surface area contributed by atoms with Crippen molar-refractivity contribution >= 4 is 37.4 Å². The first-order valence-corrected chi connectivity index (χ1v) is 10.5. The molecule has 9 heteroatoms. The number of hydrogen-bond acceptors (Lipinski definition) is 5. The number of aliphatic hydroxyl groups is 1. The molecule has 27 heavy (non-hydrogen) atoms. The Balaban J connectivity index is 1.86. The molecule has 3 aromatic rings. The molecule has 1 heterocycles. The molecule has 0 radical (unpaired) electrons. The van der Waals surface area contributed by atoms with E-state index in [1.54, 1.807) is 30.5 Å². The van der Waals surface area contributed by atoms with Gasteiger partial charge < -0.3 is 10.4 Å². The van der Waals surface area contributed by atoms with Gasteiger partial charge >= 0.3 is 0 Å². The lowest BCUT2D eigenvalue weighted by molar-refractivity contribution is 0.102. The zero-order chi connectivity index (χ0) is 19.6. The van der Waals surface area contributed by atoms with Gasteiger partial charge in [0.1, 0.15) is 0 Å². The fraction of sp³-hybridized carbons (Fsp3) is 0.111. The number of carbonyl (C=O) groups is 1. The second kappa shape index (κ2) is 7.63. The van der Waals surface area contributed by atoms with E-state index in [0.29, 0.717) is 27.0 Å². The van der Waals surface area contributed by atoms with Gasteiger partial charge in [0.05, 0.1) is 29.0 Å². The van der Waals surface area contributed by atoms with Crippen LogP contribution in [-0.4, -0.2) is 35.5 Å². The van der Waals surface area contributed by atoms with Crippen LogP contribution >= 0.6 is 15.9 Å². The smallest absolute Gasteiger partial charge is 0.258 e. The number of aliphatic hydroxyl groups excluding tert-OH is 1. The van der Waals surface area contributed by atoms with E-state index in [0.717, 1.165) is 6.26 Å². The van der Waals surface area contributed by atoms with Gasteiger partial charge in [0.25, 0.3) is 5.91 Å². The van der Waals surface area contributed by atoms with Gasteiger partial charge in [-0.1, -0.05) is 34.1 Å². The normalized spacial score (nSPS) is 11.4. The van der Waals surface area contributed by atoms with Crippen molar-refractivity contribution in [2.75, 3.05) is 11.6 Å². The lowest BCUT2D eigenvalue weighted by atomic mass is 10.2. The minimum atomic E-state index is -3.41. The summed E-state index contributed by atoms with van der Waals surface area (Å²) in [6.07, 6.45) is 4.04. The van der Waals surface area contributed by atoms with E-state index in [4.69, 9.17) is 0 Å². The van der Waals surface area contributed by atoms with Crippen molar-refractivity contribution in [3.8, 4) is 5.69 Å². The molecule has 0 fully saturated rings. The maximum absolute atomic E-state index is 12.5. The molecule has 0 spiro atoms.